The molecule has 0 unspecified atom stereocenters. The molecule has 0 fully saturated rings. The van der Waals surface area contributed by atoms with Gasteiger partial charge in [-0.3, -0.25) is 0 Å². The van der Waals surface area contributed by atoms with Crippen molar-refractivity contribution in [3.8, 4) is 5.75 Å². The van der Waals surface area contributed by atoms with Gasteiger partial charge in [0.2, 0.25) is 0 Å². The Bertz CT molecular complexity index is 480. The Balaban J connectivity index is 0.00000144. The Labute approximate surface area is 131 Å². The Morgan fingerprint density at radius 2 is 1.67 bits per heavy atom. The molecule has 2 rings (SSSR count). The second-order valence-electron chi connectivity index (χ2n) is 3.27. The first-order valence-corrected chi connectivity index (χ1v) is 4.78. The van der Waals surface area contributed by atoms with Crippen LogP contribution in [0.25, 0.3) is 0 Å². The Morgan fingerprint density at radius 1 is 1.00 bits per heavy atom. The van der Waals surface area contributed by atoms with Gasteiger partial charge in [0.25, 0.3) is 0 Å². The van der Waals surface area contributed by atoms with Crippen molar-refractivity contribution in [2.45, 2.75) is 6.61 Å². The summed E-state index contributed by atoms with van der Waals surface area (Å²) in [6, 6.07) is 13.6. The average molecular weight is 323 g/mol. The molecule has 0 aliphatic carbocycles. The molecule has 2 aromatic carbocycles. The minimum Gasteiger partial charge on any atom is -1.00 e. The average Bonchev–Trinajstić information content (AvgIpc) is 2.32. The summed E-state index contributed by atoms with van der Waals surface area (Å²) in [5, 5.41) is 0. The molecule has 0 spiro atoms. The van der Waals surface area contributed by atoms with Gasteiger partial charge in [-0.05, 0) is 12.1 Å². The van der Waals surface area contributed by atoms with Crippen molar-refractivity contribution in [2.24, 2.45) is 0 Å². The van der Waals surface area contributed by atoms with Gasteiger partial charge in [0.1, 0.15) is 5.75 Å². The molecule has 1 nitrogen and oxygen atoms in total. The molecule has 0 aromatic heterocycles. The normalized spacial score (nSPS) is 9.00. The van der Waals surface area contributed by atoms with Crippen LogP contribution in [0.1, 0.15) is 5.56 Å². The maximum absolute atomic E-state index is 12.8. The third kappa shape index (κ3) is 4.92. The van der Waals surface area contributed by atoms with Crippen molar-refractivity contribution in [1.82, 2.24) is 0 Å². The first kappa shape index (κ1) is 17.3. The van der Waals surface area contributed by atoms with Crippen molar-refractivity contribution >= 4 is 23.1 Å². The van der Waals surface area contributed by atoms with Crippen LogP contribution in [0, 0.1) is 17.7 Å². The quantitative estimate of drug-likeness (QED) is 0.569. The second-order valence-corrected chi connectivity index (χ2v) is 3.27. The van der Waals surface area contributed by atoms with E-state index in [1.165, 1.54) is 6.07 Å². The van der Waals surface area contributed by atoms with Crippen molar-refractivity contribution < 1.29 is 30.5 Å². The SMILES string of the molecule is Fc1ccc(OCc2cc[c-]cc2)cc1F.[Br-].[Mg+2]. The maximum atomic E-state index is 12.8. The molecule has 0 amide bonds. The number of ether oxygens (including phenoxy) is 1. The van der Waals surface area contributed by atoms with Crippen LogP contribution < -0.4 is 21.7 Å². The second kappa shape index (κ2) is 8.45. The van der Waals surface area contributed by atoms with E-state index in [9.17, 15) is 8.78 Å². The topological polar surface area (TPSA) is 9.23 Å². The van der Waals surface area contributed by atoms with E-state index in [1.54, 1.807) is 12.1 Å². The molecule has 0 radical (unpaired) electrons. The van der Waals surface area contributed by atoms with Gasteiger partial charge in [0, 0.05) is 6.07 Å². The number of benzene rings is 2. The van der Waals surface area contributed by atoms with Gasteiger partial charge < -0.3 is 21.7 Å². The fourth-order valence-corrected chi connectivity index (χ4v) is 1.25. The van der Waals surface area contributed by atoms with Crippen LogP contribution in [0.3, 0.4) is 0 Å². The summed E-state index contributed by atoms with van der Waals surface area (Å²) in [5.74, 6) is -1.47. The van der Waals surface area contributed by atoms with E-state index in [0.29, 0.717) is 12.4 Å². The monoisotopic (exact) mass is 322 g/mol. The molecule has 0 heterocycles. The molecule has 0 aliphatic heterocycles. The fourth-order valence-electron chi connectivity index (χ4n) is 1.25. The summed E-state index contributed by atoms with van der Waals surface area (Å²) >= 11 is 0. The Hall–Kier alpha value is -0.654. The van der Waals surface area contributed by atoms with E-state index < -0.39 is 11.6 Å². The van der Waals surface area contributed by atoms with Gasteiger partial charge in [-0.1, -0.05) is 0 Å². The molecule has 0 N–H and O–H groups in total. The zero-order chi connectivity index (χ0) is 11.4. The molecule has 2 aromatic rings. The molecule has 5 heteroatoms. The van der Waals surface area contributed by atoms with Crippen LogP contribution in [0.4, 0.5) is 8.78 Å². The predicted octanol–water partition coefficient (Wildman–Crippen LogP) is -0.0328. The third-order valence-corrected chi connectivity index (χ3v) is 2.08. The predicted molar refractivity (Wildman–Crippen MR) is 61.7 cm³/mol. The van der Waals surface area contributed by atoms with Gasteiger partial charge in [0.15, 0.2) is 11.6 Å². The standard InChI is InChI=1S/C13H9F2O.BrH.Mg/c14-12-7-6-11(8-13(12)15)16-9-10-4-2-1-3-5-10;;/h2-8H,9H2;1H;/q-1;;+2/p-1. The van der Waals surface area contributed by atoms with E-state index in [2.05, 4.69) is 6.07 Å². The fraction of sp³-hybridized carbons (Fsp3) is 0.0769. The van der Waals surface area contributed by atoms with Crippen LogP contribution in [0.5, 0.6) is 5.75 Å². The van der Waals surface area contributed by atoms with Gasteiger partial charge in [-0.15, -0.1) is 5.56 Å². The van der Waals surface area contributed by atoms with Crippen LogP contribution in [-0.2, 0) is 6.61 Å². The van der Waals surface area contributed by atoms with Crippen LogP contribution in [0.15, 0.2) is 42.5 Å². The minimum absolute atomic E-state index is 0. The van der Waals surface area contributed by atoms with Gasteiger partial charge in [-0.25, -0.2) is 8.78 Å². The molecular formula is C13H9BrF2MgO. The molecule has 0 aliphatic rings. The Morgan fingerprint density at radius 3 is 2.28 bits per heavy atom. The van der Waals surface area contributed by atoms with Crippen LogP contribution >= 0.6 is 0 Å². The molecule has 0 bridgehead atoms. The summed E-state index contributed by atoms with van der Waals surface area (Å²) in [6.07, 6.45) is 0. The molecule has 90 valence electrons. The maximum Gasteiger partial charge on any atom is 2.00 e. The summed E-state index contributed by atoms with van der Waals surface area (Å²) in [5.41, 5.74) is 0.948. The Kier molecular flexibility index (Phi) is 8.14. The summed E-state index contributed by atoms with van der Waals surface area (Å²) < 4.78 is 30.8. The molecule has 0 saturated heterocycles. The smallest absolute Gasteiger partial charge is 1.00 e. The first-order valence-electron chi connectivity index (χ1n) is 4.78. The van der Waals surface area contributed by atoms with E-state index in [0.717, 1.165) is 17.7 Å². The summed E-state index contributed by atoms with van der Waals surface area (Å²) in [6.45, 7) is 0.319. The van der Waals surface area contributed by atoms with E-state index >= 15 is 0 Å². The molecule has 0 saturated carbocycles. The molecule has 0 atom stereocenters. The van der Waals surface area contributed by atoms with Crippen molar-refractivity contribution in [3.63, 3.8) is 0 Å². The zero-order valence-corrected chi connectivity index (χ0v) is 12.5. The van der Waals surface area contributed by atoms with Crippen LogP contribution in [-0.4, -0.2) is 23.1 Å². The van der Waals surface area contributed by atoms with Gasteiger partial charge in [0.05, 0.1) is 6.61 Å². The molecule has 18 heavy (non-hydrogen) atoms. The van der Waals surface area contributed by atoms with E-state index in [1.807, 2.05) is 12.1 Å². The third-order valence-electron chi connectivity index (χ3n) is 2.08. The number of rotatable bonds is 3. The van der Waals surface area contributed by atoms with E-state index in [-0.39, 0.29) is 40.0 Å². The largest absolute Gasteiger partial charge is 2.00 e. The summed E-state index contributed by atoms with van der Waals surface area (Å²) in [7, 11) is 0. The van der Waals surface area contributed by atoms with Gasteiger partial charge in [-0.2, -0.15) is 30.3 Å². The van der Waals surface area contributed by atoms with Gasteiger partial charge >= 0.3 is 23.1 Å². The van der Waals surface area contributed by atoms with Crippen molar-refractivity contribution in [3.05, 3.63) is 65.7 Å². The minimum atomic E-state index is -0.904. The first-order chi connectivity index (χ1) is 7.75. The van der Waals surface area contributed by atoms with E-state index in [4.69, 9.17) is 4.74 Å². The van der Waals surface area contributed by atoms with Crippen LogP contribution in [0.2, 0.25) is 0 Å². The number of halogens is 3. The van der Waals surface area contributed by atoms with Crippen molar-refractivity contribution in [1.29, 1.82) is 0 Å². The number of hydrogen-bond donors (Lipinski definition) is 0. The van der Waals surface area contributed by atoms with Crippen molar-refractivity contribution in [2.75, 3.05) is 0 Å². The molecular weight excluding hydrogens is 314 g/mol. The summed E-state index contributed by atoms with van der Waals surface area (Å²) in [4.78, 5) is 0. The number of hydrogen-bond acceptors (Lipinski definition) is 1. The zero-order valence-electron chi connectivity index (χ0n) is 9.50.